The lowest BCUT2D eigenvalue weighted by molar-refractivity contribution is -0.118. The number of aromatic nitrogens is 1. The Morgan fingerprint density at radius 2 is 2.00 bits per heavy atom. The average molecular weight is 244 g/mol. The van der Waals surface area contributed by atoms with E-state index >= 15 is 0 Å². The summed E-state index contributed by atoms with van der Waals surface area (Å²) in [4.78, 5) is 13.6. The summed E-state index contributed by atoms with van der Waals surface area (Å²) in [7, 11) is 6.09. The van der Waals surface area contributed by atoms with Crippen LogP contribution in [0, 0.1) is 0 Å². The molecule has 96 valence electrons. The van der Waals surface area contributed by atoms with Crippen molar-refractivity contribution in [2.75, 3.05) is 14.1 Å². The summed E-state index contributed by atoms with van der Waals surface area (Å²) in [6.45, 7) is 1.65. The Bertz CT molecular complexity index is 569. The smallest absolute Gasteiger partial charge is 0.131 e. The summed E-state index contributed by atoms with van der Waals surface area (Å²) in [5, 5.41) is 1.24. The fourth-order valence-corrected chi connectivity index (χ4v) is 2.48. The molecule has 0 aliphatic rings. The average Bonchev–Trinajstić information content (AvgIpc) is 2.64. The lowest BCUT2D eigenvalue weighted by Crippen LogP contribution is -2.21. The minimum Gasteiger partial charge on any atom is -0.350 e. The summed E-state index contributed by atoms with van der Waals surface area (Å²) in [6, 6.07) is 8.47. The van der Waals surface area contributed by atoms with Gasteiger partial charge in [0.25, 0.3) is 0 Å². The second-order valence-electron chi connectivity index (χ2n) is 5.10. The van der Waals surface area contributed by atoms with Crippen LogP contribution in [0.5, 0.6) is 0 Å². The molecule has 0 aliphatic carbocycles. The molecular weight excluding hydrogens is 224 g/mol. The predicted molar refractivity (Wildman–Crippen MR) is 74.6 cm³/mol. The topological polar surface area (TPSA) is 25.2 Å². The number of carbonyl (C=O) groups excluding carboxylic acids is 1. The summed E-state index contributed by atoms with van der Waals surface area (Å²) in [5.41, 5.74) is 2.44. The summed E-state index contributed by atoms with van der Waals surface area (Å²) < 4.78 is 2.13. The Kier molecular flexibility index (Phi) is 3.53. The van der Waals surface area contributed by atoms with Gasteiger partial charge in [0, 0.05) is 36.6 Å². The summed E-state index contributed by atoms with van der Waals surface area (Å²) >= 11 is 0. The number of hydrogen-bond donors (Lipinski definition) is 0. The Labute approximate surface area is 108 Å². The van der Waals surface area contributed by atoms with Crippen molar-refractivity contribution in [1.82, 2.24) is 9.47 Å². The molecule has 0 fully saturated rings. The zero-order valence-corrected chi connectivity index (χ0v) is 11.5. The highest BCUT2D eigenvalue weighted by molar-refractivity contribution is 5.85. The minimum absolute atomic E-state index is 0.147. The normalized spacial score (nSPS) is 13.2. The quantitative estimate of drug-likeness (QED) is 0.826. The van der Waals surface area contributed by atoms with E-state index in [0.29, 0.717) is 6.42 Å². The monoisotopic (exact) mass is 244 g/mol. The Hall–Kier alpha value is -1.61. The lowest BCUT2D eigenvalue weighted by Gasteiger charge is -2.23. The van der Waals surface area contributed by atoms with Crippen molar-refractivity contribution in [3.8, 4) is 0 Å². The third-order valence-corrected chi connectivity index (χ3v) is 3.39. The second kappa shape index (κ2) is 4.94. The van der Waals surface area contributed by atoms with Gasteiger partial charge in [-0.25, -0.2) is 0 Å². The molecule has 1 unspecified atom stereocenters. The summed E-state index contributed by atoms with van der Waals surface area (Å²) in [6.07, 6.45) is 2.69. The molecule has 1 aromatic carbocycles. The number of aryl methyl sites for hydroxylation is 1. The van der Waals surface area contributed by atoms with Gasteiger partial charge in [-0.2, -0.15) is 0 Å². The van der Waals surface area contributed by atoms with E-state index in [0.717, 1.165) is 0 Å². The third-order valence-electron chi connectivity index (χ3n) is 3.39. The maximum Gasteiger partial charge on any atom is 0.131 e. The number of ketones is 1. The number of carbonyl (C=O) groups is 1. The third kappa shape index (κ3) is 2.31. The van der Waals surface area contributed by atoms with E-state index in [-0.39, 0.29) is 11.8 Å². The first kappa shape index (κ1) is 12.8. The standard InChI is InChI=1S/C15H20N2O/c1-11(18)9-15(16(2)3)13-10-17(4)14-8-6-5-7-12(13)14/h5-8,10,15H,9H2,1-4H3. The van der Waals surface area contributed by atoms with E-state index < -0.39 is 0 Å². The molecule has 0 spiro atoms. The molecule has 0 amide bonds. The molecule has 3 nitrogen and oxygen atoms in total. The van der Waals surface area contributed by atoms with Gasteiger partial charge in [-0.1, -0.05) is 18.2 Å². The Morgan fingerprint density at radius 3 is 2.61 bits per heavy atom. The van der Waals surface area contributed by atoms with Gasteiger partial charge in [-0.3, -0.25) is 4.79 Å². The Morgan fingerprint density at radius 1 is 1.33 bits per heavy atom. The van der Waals surface area contributed by atoms with Crippen LogP contribution in [0.3, 0.4) is 0 Å². The van der Waals surface area contributed by atoms with Crippen LogP contribution < -0.4 is 0 Å². The minimum atomic E-state index is 0.147. The van der Waals surface area contributed by atoms with Crippen molar-refractivity contribution in [2.24, 2.45) is 7.05 Å². The first-order valence-electron chi connectivity index (χ1n) is 6.20. The van der Waals surface area contributed by atoms with Gasteiger partial charge in [0.2, 0.25) is 0 Å². The summed E-state index contributed by atoms with van der Waals surface area (Å²) in [5.74, 6) is 0.224. The van der Waals surface area contributed by atoms with Crippen LogP contribution in [0.4, 0.5) is 0 Å². The molecule has 0 N–H and O–H groups in total. The van der Waals surface area contributed by atoms with Crippen LogP contribution in [0.15, 0.2) is 30.5 Å². The van der Waals surface area contributed by atoms with Gasteiger partial charge in [-0.15, -0.1) is 0 Å². The molecule has 1 atom stereocenters. The number of fused-ring (bicyclic) bond motifs is 1. The van der Waals surface area contributed by atoms with Crippen molar-refractivity contribution in [3.63, 3.8) is 0 Å². The molecule has 2 aromatic rings. The van der Waals surface area contributed by atoms with Crippen LogP contribution >= 0.6 is 0 Å². The van der Waals surface area contributed by atoms with Gasteiger partial charge >= 0.3 is 0 Å². The van der Waals surface area contributed by atoms with Gasteiger partial charge in [0.15, 0.2) is 0 Å². The van der Waals surface area contributed by atoms with Crippen molar-refractivity contribution in [1.29, 1.82) is 0 Å². The number of nitrogens with zero attached hydrogens (tertiary/aromatic N) is 2. The lowest BCUT2D eigenvalue weighted by atomic mass is 10.0. The number of para-hydroxylation sites is 1. The van der Waals surface area contributed by atoms with Gasteiger partial charge in [0.05, 0.1) is 0 Å². The highest BCUT2D eigenvalue weighted by atomic mass is 16.1. The molecule has 0 radical (unpaired) electrons. The molecule has 1 aromatic heterocycles. The number of hydrogen-bond acceptors (Lipinski definition) is 2. The van der Waals surface area contributed by atoms with E-state index in [1.165, 1.54) is 16.5 Å². The zero-order chi connectivity index (χ0) is 13.3. The molecule has 0 aliphatic heterocycles. The number of rotatable bonds is 4. The first-order valence-corrected chi connectivity index (χ1v) is 6.20. The van der Waals surface area contributed by atoms with Gasteiger partial charge in [-0.05, 0) is 32.6 Å². The molecule has 0 bridgehead atoms. The predicted octanol–water partition coefficient (Wildman–Crippen LogP) is 2.76. The zero-order valence-electron chi connectivity index (χ0n) is 11.5. The van der Waals surface area contributed by atoms with Crippen LogP contribution in [0.25, 0.3) is 10.9 Å². The van der Waals surface area contributed by atoms with Crippen molar-refractivity contribution in [3.05, 3.63) is 36.0 Å². The molecule has 3 heteroatoms. The van der Waals surface area contributed by atoms with E-state index in [1.54, 1.807) is 6.92 Å². The van der Waals surface area contributed by atoms with Gasteiger partial charge < -0.3 is 9.47 Å². The molecule has 0 saturated carbocycles. The van der Waals surface area contributed by atoms with Crippen LogP contribution in [-0.4, -0.2) is 29.3 Å². The van der Waals surface area contributed by atoms with Crippen molar-refractivity contribution in [2.45, 2.75) is 19.4 Å². The van der Waals surface area contributed by atoms with Crippen molar-refractivity contribution >= 4 is 16.7 Å². The van der Waals surface area contributed by atoms with E-state index in [9.17, 15) is 4.79 Å². The fourth-order valence-electron chi connectivity index (χ4n) is 2.48. The highest BCUT2D eigenvalue weighted by Gasteiger charge is 2.20. The van der Waals surface area contributed by atoms with E-state index in [2.05, 4.69) is 27.8 Å². The Balaban J connectivity index is 2.54. The first-order chi connectivity index (χ1) is 8.50. The maximum absolute atomic E-state index is 11.4. The SMILES string of the molecule is CC(=O)CC(c1cn(C)c2ccccc12)N(C)C. The maximum atomic E-state index is 11.4. The second-order valence-corrected chi connectivity index (χ2v) is 5.10. The van der Waals surface area contributed by atoms with E-state index in [1.807, 2.05) is 33.3 Å². The molecular formula is C15H20N2O. The number of benzene rings is 1. The molecule has 1 heterocycles. The van der Waals surface area contributed by atoms with Gasteiger partial charge in [0.1, 0.15) is 5.78 Å². The highest BCUT2D eigenvalue weighted by Crippen LogP contribution is 2.30. The fraction of sp³-hybridized carbons (Fsp3) is 0.400. The van der Waals surface area contributed by atoms with Crippen LogP contribution in [0.2, 0.25) is 0 Å². The van der Waals surface area contributed by atoms with Crippen LogP contribution in [-0.2, 0) is 11.8 Å². The number of Topliss-reactive ketones (excluding diaryl/α,β-unsaturated/α-hetero) is 1. The van der Waals surface area contributed by atoms with Crippen molar-refractivity contribution < 1.29 is 4.79 Å². The molecule has 2 rings (SSSR count). The van der Waals surface area contributed by atoms with E-state index in [4.69, 9.17) is 0 Å². The largest absolute Gasteiger partial charge is 0.350 e. The molecule has 18 heavy (non-hydrogen) atoms. The van der Waals surface area contributed by atoms with Crippen LogP contribution in [0.1, 0.15) is 24.9 Å². The molecule has 0 saturated heterocycles.